The molecule has 0 amide bonds. The minimum Gasteiger partial charge on any atom is -0.433 e. The van der Waals surface area contributed by atoms with Crippen LogP contribution in [0, 0.1) is 5.41 Å². The molecule has 0 N–H and O–H groups in total. The Morgan fingerprint density at radius 1 is 1.71 bits per heavy atom. The predicted octanol–water partition coefficient (Wildman–Crippen LogP) is 1.23. The summed E-state index contributed by atoms with van der Waals surface area (Å²) in [5.41, 5.74) is -0.549. The van der Waals surface area contributed by atoms with Gasteiger partial charge in [0.2, 0.25) is 0 Å². The number of carbonyl (C=O) groups excluding carboxylic acids is 2. The molecule has 1 atom stereocenters. The van der Waals surface area contributed by atoms with Crippen molar-refractivity contribution < 1.29 is 23.8 Å². The van der Waals surface area contributed by atoms with Gasteiger partial charge in [-0.3, -0.25) is 0 Å². The van der Waals surface area contributed by atoms with Gasteiger partial charge in [0, 0.05) is 6.08 Å². The van der Waals surface area contributed by atoms with E-state index < -0.39 is 23.8 Å². The van der Waals surface area contributed by atoms with E-state index in [4.69, 9.17) is 9.47 Å². The van der Waals surface area contributed by atoms with Crippen LogP contribution in [0.4, 0.5) is 4.79 Å². The van der Waals surface area contributed by atoms with Crippen LogP contribution in [0.15, 0.2) is 12.7 Å². The van der Waals surface area contributed by atoms with E-state index in [-0.39, 0.29) is 6.61 Å². The van der Waals surface area contributed by atoms with Crippen LogP contribution in [-0.4, -0.2) is 25.0 Å². The molecule has 0 aromatic heterocycles. The summed E-state index contributed by atoms with van der Waals surface area (Å²) in [6.45, 7) is 6.93. The minimum atomic E-state index is -0.922. The molecule has 0 aromatic carbocycles. The summed E-state index contributed by atoms with van der Waals surface area (Å²) in [5, 5.41) is 0. The lowest BCUT2D eigenvalue weighted by Crippen LogP contribution is -2.45. The maximum Gasteiger partial charge on any atom is 0.511 e. The predicted molar refractivity (Wildman–Crippen MR) is 46.3 cm³/mol. The summed E-state index contributed by atoms with van der Waals surface area (Å²) < 4.78 is 14.2. The Labute approximate surface area is 81.6 Å². The van der Waals surface area contributed by atoms with Crippen molar-refractivity contribution in [1.82, 2.24) is 0 Å². The van der Waals surface area contributed by atoms with Gasteiger partial charge in [-0.25, -0.2) is 9.59 Å². The first-order chi connectivity index (χ1) is 6.45. The van der Waals surface area contributed by atoms with Crippen molar-refractivity contribution in [3.63, 3.8) is 0 Å². The van der Waals surface area contributed by atoms with E-state index in [0.29, 0.717) is 0 Å². The molecule has 5 heteroatoms. The average molecular weight is 200 g/mol. The van der Waals surface area contributed by atoms with Crippen LogP contribution in [0.2, 0.25) is 0 Å². The fraction of sp³-hybridized carbons (Fsp3) is 0.556. The van der Waals surface area contributed by atoms with Gasteiger partial charge in [-0.05, 0) is 13.8 Å². The lowest BCUT2D eigenvalue weighted by atomic mass is 9.93. The zero-order chi connectivity index (χ0) is 10.8. The van der Waals surface area contributed by atoms with Crippen molar-refractivity contribution in [3.8, 4) is 0 Å². The normalized spacial score (nSPS) is 24.4. The highest BCUT2D eigenvalue weighted by atomic mass is 16.8. The summed E-state index contributed by atoms with van der Waals surface area (Å²) in [5.74, 6) is -0.627. The van der Waals surface area contributed by atoms with E-state index in [1.54, 1.807) is 13.8 Å². The van der Waals surface area contributed by atoms with Crippen molar-refractivity contribution >= 4 is 12.1 Å². The van der Waals surface area contributed by atoms with E-state index >= 15 is 0 Å². The standard InChI is InChI=1S/C9H12O5/c1-4-6(10)13-7-9(2,3)5-12-8(11)14-7/h4,7H,1,5H2,2-3H3. The highest BCUT2D eigenvalue weighted by Crippen LogP contribution is 2.29. The lowest BCUT2D eigenvalue weighted by molar-refractivity contribution is -0.214. The van der Waals surface area contributed by atoms with Gasteiger partial charge in [0.25, 0.3) is 6.29 Å². The Kier molecular flexibility index (Phi) is 2.78. The van der Waals surface area contributed by atoms with Crippen LogP contribution in [-0.2, 0) is 19.0 Å². The summed E-state index contributed by atoms with van der Waals surface area (Å²) in [6, 6.07) is 0. The Morgan fingerprint density at radius 3 is 2.93 bits per heavy atom. The Morgan fingerprint density at radius 2 is 2.36 bits per heavy atom. The molecular weight excluding hydrogens is 188 g/mol. The van der Waals surface area contributed by atoms with Crippen molar-refractivity contribution in [2.45, 2.75) is 20.1 Å². The minimum absolute atomic E-state index is 0.154. The molecule has 0 radical (unpaired) electrons. The number of esters is 1. The molecule has 1 aliphatic heterocycles. The number of ether oxygens (including phenoxy) is 3. The Bertz CT molecular complexity index is 268. The molecule has 1 unspecified atom stereocenters. The third-order valence-corrected chi connectivity index (χ3v) is 1.79. The summed E-state index contributed by atoms with van der Waals surface area (Å²) >= 11 is 0. The molecule has 0 saturated carbocycles. The molecule has 1 heterocycles. The molecule has 0 spiro atoms. The van der Waals surface area contributed by atoms with E-state index in [1.165, 1.54) is 0 Å². The van der Waals surface area contributed by atoms with Gasteiger partial charge in [-0.1, -0.05) is 6.58 Å². The van der Waals surface area contributed by atoms with Crippen LogP contribution in [0.5, 0.6) is 0 Å². The molecule has 14 heavy (non-hydrogen) atoms. The van der Waals surface area contributed by atoms with Gasteiger partial charge >= 0.3 is 12.1 Å². The van der Waals surface area contributed by atoms with E-state index in [1.807, 2.05) is 0 Å². The zero-order valence-electron chi connectivity index (χ0n) is 8.11. The summed E-state index contributed by atoms with van der Waals surface area (Å²) in [6.07, 6.45) is -0.736. The molecular formula is C9H12O5. The number of carbonyl (C=O) groups is 2. The van der Waals surface area contributed by atoms with E-state index in [9.17, 15) is 9.59 Å². The lowest BCUT2D eigenvalue weighted by Gasteiger charge is -2.35. The Hall–Kier alpha value is -1.52. The summed E-state index contributed by atoms with van der Waals surface area (Å²) in [4.78, 5) is 21.7. The van der Waals surface area contributed by atoms with Gasteiger partial charge < -0.3 is 14.2 Å². The van der Waals surface area contributed by atoms with Crippen molar-refractivity contribution in [2.75, 3.05) is 6.61 Å². The molecule has 0 aromatic rings. The maximum atomic E-state index is 10.9. The zero-order valence-corrected chi connectivity index (χ0v) is 8.11. The van der Waals surface area contributed by atoms with Gasteiger partial charge in [-0.2, -0.15) is 0 Å². The van der Waals surface area contributed by atoms with Crippen LogP contribution in [0.25, 0.3) is 0 Å². The first-order valence-corrected chi connectivity index (χ1v) is 4.12. The second kappa shape index (κ2) is 3.69. The van der Waals surface area contributed by atoms with E-state index in [0.717, 1.165) is 6.08 Å². The maximum absolute atomic E-state index is 10.9. The quantitative estimate of drug-likeness (QED) is 0.495. The largest absolute Gasteiger partial charge is 0.511 e. The number of cyclic esters (lactones) is 2. The SMILES string of the molecule is C=CC(=O)OC1OC(=O)OCC1(C)C. The number of hydrogen-bond donors (Lipinski definition) is 0. The third kappa shape index (κ3) is 2.25. The molecule has 0 bridgehead atoms. The number of rotatable bonds is 2. The Balaban J connectivity index is 2.67. The second-order valence-electron chi connectivity index (χ2n) is 3.62. The fourth-order valence-corrected chi connectivity index (χ4v) is 0.931. The smallest absolute Gasteiger partial charge is 0.433 e. The summed E-state index contributed by atoms with van der Waals surface area (Å²) in [7, 11) is 0. The first-order valence-electron chi connectivity index (χ1n) is 4.12. The molecule has 78 valence electrons. The van der Waals surface area contributed by atoms with Crippen LogP contribution in [0.1, 0.15) is 13.8 Å². The van der Waals surface area contributed by atoms with E-state index in [2.05, 4.69) is 11.3 Å². The molecule has 1 fully saturated rings. The highest BCUT2D eigenvalue weighted by Gasteiger charge is 2.41. The van der Waals surface area contributed by atoms with Crippen LogP contribution < -0.4 is 0 Å². The number of hydrogen-bond acceptors (Lipinski definition) is 5. The van der Waals surface area contributed by atoms with Gasteiger partial charge in [0.15, 0.2) is 0 Å². The second-order valence-corrected chi connectivity index (χ2v) is 3.62. The first kappa shape index (κ1) is 10.6. The molecule has 1 aliphatic rings. The molecule has 0 aliphatic carbocycles. The van der Waals surface area contributed by atoms with Gasteiger partial charge in [0.1, 0.15) is 6.61 Å². The molecule has 5 nitrogen and oxygen atoms in total. The fourth-order valence-electron chi connectivity index (χ4n) is 0.931. The average Bonchev–Trinajstić information content (AvgIpc) is 2.12. The van der Waals surface area contributed by atoms with Gasteiger partial charge in [-0.15, -0.1) is 0 Å². The third-order valence-electron chi connectivity index (χ3n) is 1.79. The van der Waals surface area contributed by atoms with Crippen LogP contribution in [0.3, 0.4) is 0 Å². The molecule has 1 rings (SSSR count). The topological polar surface area (TPSA) is 61.8 Å². The van der Waals surface area contributed by atoms with Crippen molar-refractivity contribution in [3.05, 3.63) is 12.7 Å². The van der Waals surface area contributed by atoms with Crippen LogP contribution >= 0.6 is 0 Å². The molecule has 1 saturated heterocycles. The van der Waals surface area contributed by atoms with Crippen molar-refractivity contribution in [1.29, 1.82) is 0 Å². The van der Waals surface area contributed by atoms with Gasteiger partial charge in [0.05, 0.1) is 5.41 Å². The van der Waals surface area contributed by atoms with Crippen molar-refractivity contribution in [2.24, 2.45) is 5.41 Å². The highest BCUT2D eigenvalue weighted by molar-refractivity contribution is 5.81. The monoisotopic (exact) mass is 200 g/mol.